The predicted molar refractivity (Wildman–Crippen MR) is 76.6 cm³/mol. The van der Waals surface area contributed by atoms with Crippen molar-refractivity contribution in [2.75, 3.05) is 5.32 Å². The SMILES string of the molecule is CCCCn1ccnc1Nc1cc(Cl)ccc1C. The van der Waals surface area contributed by atoms with Crippen molar-refractivity contribution in [1.29, 1.82) is 0 Å². The molecule has 0 radical (unpaired) electrons. The molecule has 0 atom stereocenters. The van der Waals surface area contributed by atoms with Crippen LogP contribution in [0.1, 0.15) is 25.3 Å². The number of nitrogens with zero attached hydrogens (tertiary/aromatic N) is 2. The summed E-state index contributed by atoms with van der Waals surface area (Å²) in [4.78, 5) is 4.34. The van der Waals surface area contributed by atoms with Gasteiger partial charge in [-0.2, -0.15) is 0 Å². The first-order chi connectivity index (χ1) is 8.70. The van der Waals surface area contributed by atoms with Crippen LogP contribution in [0, 0.1) is 6.92 Å². The van der Waals surface area contributed by atoms with Gasteiger partial charge in [0.25, 0.3) is 0 Å². The Hall–Kier alpha value is -1.48. The molecule has 18 heavy (non-hydrogen) atoms. The second-order valence-electron chi connectivity index (χ2n) is 4.38. The Morgan fingerprint density at radius 3 is 3.00 bits per heavy atom. The van der Waals surface area contributed by atoms with E-state index in [2.05, 4.69) is 28.7 Å². The van der Waals surface area contributed by atoms with Crippen LogP contribution >= 0.6 is 11.6 Å². The zero-order valence-electron chi connectivity index (χ0n) is 10.8. The molecule has 0 unspecified atom stereocenters. The summed E-state index contributed by atoms with van der Waals surface area (Å²) in [5.74, 6) is 0.869. The van der Waals surface area contributed by atoms with Crippen molar-refractivity contribution < 1.29 is 0 Å². The highest BCUT2D eigenvalue weighted by molar-refractivity contribution is 6.30. The fourth-order valence-corrected chi connectivity index (χ4v) is 1.96. The first kappa shape index (κ1) is 13.0. The number of anilines is 2. The van der Waals surface area contributed by atoms with Crippen LogP contribution in [0.15, 0.2) is 30.6 Å². The third-order valence-corrected chi connectivity index (χ3v) is 3.15. The lowest BCUT2D eigenvalue weighted by atomic mass is 10.2. The van der Waals surface area contributed by atoms with Gasteiger partial charge in [0.2, 0.25) is 5.95 Å². The zero-order valence-corrected chi connectivity index (χ0v) is 11.5. The molecule has 1 aromatic carbocycles. The molecule has 2 rings (SSSR count). The van der Waals surface area contributed by atoms with Crippen LogP contribution in [-0.4, -0.2) is 9.55 Å². The number of halogens is 1. The normalized spacial score (nSPS) is 10.6. The summed E-state index contributed by atoms with van der Waals surface area (Å²) in [7, 11) is 0. The second kappa shape index (κ2) is 5.91. The van der Waals surface area contributed by atoms with E-state index in [-0.39, 0.29) is 0 Å². The average Bonchev–Trinajstić information content (AvgIpc) is 2.79. The molecule has 0 aliphatic heterocycles. The molecule has 96 valence electrons. The maximum absolute atomic E-state index is 6.01. The van der Waals surface area contributed by atoms with Crippen molar-refractivity contribution in [2.45, 2.75) is 33.2 Å². The van der Waals surface area contributed by atoms with Gasteiger partial charge >= 0.3 is 0 Å². The highest BCUT2D eigenvalue weighted by atomic mass is 35.5. The summed E-state index contributed by atoms with van der Waals surface area (Å²) >= 11 is 6.01. The molecule has 0 spiro atoms. The highest BCUT2D eigenvalue weighted by Gasteiger charge is 2.05. The Morgan fingerprint density at radius 1 is 1.39 bits per heavy atom. The van der Waals surface area contributed by atoms with E-state index in [9.17, 15) is 0 Å². The molecule has 4 heteroatoms. The van der Waals surface area contributed by atoms with Gasteiger partial charge in [-0.3, -0.25) is 0 Å². The van der Waals surface area contributed by atoms with Gasteiger partial charge in [-0.15, -0.1) is 0 Å². The number of nitrogens with one attached hydrogen (secondary N) is 1. The molecule has 0 saturated heterocycles. The average molecular weight is 264 g/mol. The van der Waals surface area contributed by atoms with Gasteiger partial charge in [0.1, 0.15) is 0 Å². The first-order valence-electron chi connectivity index (χ1n) is 6.25. The summed E-state index contributed by atoms with van der Waals surface area (Å²) in [5, 5.41) is 4.07. The Morgan fingerprint density at radius 2 is 2.22 bits per heavy atom. The molecule has 1 aromatic heterocycles. The molecule has 1 heterocycles. The van der Waals surface area contributed by atoms with Crippen molar-refractivity contribution in [3.05, 3.63) is 41.2 Å². The quantitative estimate of drug-likeness (QED) is 0.867. The van der Waals surface area contributed by atoms with Crippen LogP contribution in [0.5, 0.6) is 0 Å². The molecule has 0 saturated carbocycles. The number of hydrogen-bond donors (Lipinski definition) is 1. The summed E-state index contributed by atoms with van der Waals surface area (Å²) < 4.78 is 2.13. The fraction of sp³-hybridized carbons (Fsp3) is 0.357. The highest BCUT2D eigenvalue weighted by Crippen LogP contribution is 2.23. The summed E-state index contributed by atoms with van der Waals surface area (Å²) in [6.45, 7) is 5.22. The Kier molecular flexibility index (Phi) is 4.26. The Bertz CT molecular complexity index is 520. The number of unbranched alkanes of at least 4 members (excludes halogenated alkanes) is 1. The molecule has 0 bridgehead atoms. The molecular formula is C14H18ClN3. The Balaban J connectivity index is 2.18. The van der Waals surface area contributed by atoms with Gasteiger partial charge in [0, 0.05) is 29.6 Å². The minimum absolute atomic E-state index is 0.731. The molecule has 0 aliphatic rings. The summed E-state index contributed by atoms with van der Waals surface area (Å²) in [5.41, 5.74) is 2.16. The van der Waals surface area contributed by atoms with Crippen molar-refractivity contribution >= 4 is 23.2 Å². The summed E-state index contributed by atoms with van der Waals surface area (Å²) in [6.07, 6.45) is 6.14. The molecule has 1 N–H and O–H groups in total. The van der Waals surface area contributed by atoms with E-state index in [4.69, 9.17) is 11.6 Å². The zero-order chi connectivity index (χ0) is 13.0. The standard InChI is InChI=1S/C14H18ClN3/c1-3-4-8-18-9-7-16-14(18)17-13-10-12(15)6-5-11(13)2/h5-7,9-10H,3-4,8H2,1-2H3,(H,16,17). The van der Waals surface area contributed by atoms with Crippen LogP contribution < -0.4 is 5.32 Å². The lowest BCUT2D eigenvalue weighted by Gasteiger charge is -2.11. The van der Waals surface area contributed by atoms with E-state index < -0.39 is 0 Å². The molecule has 0 amide bonds. The number of benzene rings is 1. The van der Waals surface area contributed by atoms with Crippen molar-refractivity contribution in [3.63, 3.8) is 0 Å². The van der Waals surface area contributed by atoms with Gasteiger partial charge in [-0.05, 0) is 31.0 Å². The van der Waals surface area contributed by atoms with Crippen LogP contribution in [0.25, 0.3) is 0 Å². The lowest BCUT2D eigenvalue weighted by molar-refractivity contribution is 0.638. The van der Waals surface area contributed by atoms with Gasteiger partial charge in [-0.25, -0.2) is 4.98 Å². The number of aromatic nitrogens is 2. The van der Waals surface area contributed by atoms with Crippen molar-refractivity contribution in [1.82, 2.24) is 9.55 Å². The largest absolute Gasteiger partial charge is 0.325 e. The third-order valence-electron chi connectivity index (χ3n) is 2.91. The maximum Gasteiger partial charge on any atom is 0.207 e. The predicted octanol–water partition coefficient (Wildman–Crippen LogP) is 4.39. The number of imidazole rings is 1. The smallest absolute Gasteiger partial charge is 0.207 e. The van der Waals surface area contributed by atoms with Crippen LogP contribution in [0.2, 0.25) is 5.02 Å². The fourth-order valence-electron chi connectivity index (χ4n) is 1.79. The molecule has 3 nitrogen and oxygen atoms in total. The van der Waals surface area contributed by atoms with E-state index in [0.29, 0.717) is 0 Å². The van der Waals surface area contributed by atoms with Gasteiger partial charge < -0.3 is 9.88 Å². The number of hydrogen-bond acceptors (Lipinski definition) is 2. The number of rotatable bonds is 5. The monoisotopic (exact) mass is 263 g/mol. The molecular weight excluding hydrogens is 246 g/mol. The van der Waals surface area contributed by atoms with Crippen LogP contribution in [-0.2, 0) is 6.54 Å². The van der Waals surface area contributed by atoms with Crippen LogP contribution in [0.3, 0.4) is 0 Å². The van der Waals surface area contributed by atoms with Gasteiger partial charge in [0.05, 0.1) is 0 Å². The molecule has 0 fully saturated rings. The van der Waals surface area contributed by atoms with E-state index in [1.165, 1.54) is 6.42 Å². The van der Waals surface area contributed by atoms with E-state index >= 15 is 0 Å². The third kappa shape index (κ3) is 3.05. The van der Waals surface area contributed by atoms with E-state index in [1.807, 2.05) is 30.6 Å². The Labute approximate surface area is 113 Å². The van der Waals surface area contributed by atoms with Crippen LogP contribution in [0.4, 0.5) is 11.6 Å². The van der Waals surface area contributed by atoms with Crippen molar-refractivity contribution in [2.24, 2.45) is 0 Å². The minimum atomic E-state index is 0.731. The minimum Gasteiger partial charge on any atom is -0.325 e. The second-order valence-corrected chi connectivity index (χ2v) is 4.82. The summed E-state index contributed by atoms with van der Waals surface area (Å²) in [6, 6.07) is 5.82. The van der Waals surface area contributed by atoms with E-state index in [1.54, 1.807) is 0 Å². The van der Waals surface area contributed by atoms with Gasteiger partial charge in [0.15, 0.2) is 0 Å². The first-order valence-corrected chi connectivity index (χ1v) is 6.63. The molecule has 0 aliphatic carbocycles. The molecule has 2 aromatic rings. The number of aryl methyl sites for hydroxylation is 2. The van der Waals surface area contributed by atoms with Gasteiger partial charge in [-0.1, -0.05) is 31.0 Å². The lowest BCUT2D eigenvalue weighted by Crippen LogP contribution is -2.04. The van der Waals surface area contributed by atoms with E-state index in [0.717, 1.165) is 35.2 Å². The van der Waals surface area contributed by atoms with Crippen molar-refractivity contribution in [3.8, 4) is 0 Å². The maximum atomic E-state index is 6.01. The topological polar surface area (TPSA) is 29.9 Å².